The third kappa shape index (κ3) is 3.02. The van der Waals surface area contributed by atoms with Crippen LogP contribution in [-0.4, -0.2) is 33.4 Å². The predicted molar refractivity (Wildman–Crippen MR) is 90.2 cm³/mol. The van der Waals surface area contributed by atoms with E-state index in [1.807, 2.05) is 6.07 Å². The first-order valence-electron chi connectivity index (χ1n) is 8.06. The number of aromatic nitrogens is 1. The number of aromatic carboxylic acids is 1. The third-order valence-corrected chi connectivity index (χ3v) is 4.44. The number of benzene rings is 1. The van der Waals surface area contributed by atoms with Crippen LogP contribution < -0.4 is 0 Å². The molecule has 5 nitrogen and oxygen atoms in total. The second-order valence-corrected chi connectivity index (χ2v) is 6.35. The summed E-state index contributed by atoms with van der Waals surface area (Å²) in [5.41, 5.74) is 4.09. The summed E-state index contributed by atoms with van der Waals surface area (Å²) >= 11 is 0. The van der Waals surface area contributed by atoms with Gasteiger partial charge in [0, 0.05) is 19.3 Å². The summed E-state index contributed by atoms with van der Waals surface area (Å²) in [7, 11) is 0. The van der Waals surface area contributed by atoms with Crippen LogP contribution >= 0.6 is 0 Å². The first kappa shape index (κ1) is 16.2. The zero-order valence-corrected chi connectivity index (χ0v) is 13.8. The summed E-state index contributed by atoms with van der Waals surface area (Å²) < 4.78 is 0. The van der Waals surface area contributed by atoms with Crippen molar-refractivity contribution in [1.29, 1.82) is 0 Å². The minimum Gasteiger partial charge on any atom is -0.478 e. The zero-order valence-electron chi connectivity index (χ0n) is 13.8. The number of hydrogen-bond acceptors (Lipinski definition) is 3. The quantitative estimate of drug-likeness (QED) is 0.942. The van der Waals surface area contributed by atoms with Crippen LogP contribution in [0.3, 0.4) is 0 Å². The van der Waals surface area contributed by atoms with Gasteiger partial charge in [0.25, 0.3) is 5.91 Å². The normalized spacial score (nSPS) is 13.7. The van der Waals surface area contributed by atoms with E-state index in [-0.39, 0.29) is 17.2 Å². The second-order valence-electron chi connectivity index (χ2n) is 6.35. The standard InChI is InChI=1S/C19H20N2O3/c1-12(2)15-5-3-4-14-11-21(9-7-16(14)15)18(22)17-10-13(19(23)24)6-8-20-17/h3-6,8,10,12H,7,9,11H2,1-2H3,(H,23,24). The number of carboxylic acids is 1. The molecule has 1 aromatic carbocycles. The van der Waals surface area contributed by atoms with Crippen LogP contribution in [-0.2, 0) is 13.0 Å². The molecule has 1 aromatic heterocycles. The molecular weight excluding hydrogens is 304 g/mol. The van der Waals surface area contributed by atoms with Crippen molar-refractivity contribution in [1.82, 2.24) is 9.88 Å². The van der Waals surface area contributed by atoms with E-state index >= 15 is 0 Å². The molecule has 3 rings (SSSR count). The van der Waals surface area contributed by atoms with Crippen molar-refractivity contribution < 1.29 is 14.7 Å². The van der Waals surface area contributed by atoms with Crippen molar-refractivity contribution in [3.63, 3.8) is 0 Å². The number of carbonyl (C=O) groups excluding carboxylic acids is 1. The van der Waals surface area contributed by atoms with Crippen molar-refractivity contribution in [2.45, 2.75) is 32.7 Å². The number of hydrogen-bond donors (Lipinski definition) is 1. The molecule has 0 saturated heterocycles. The van der Waals surface area contributed by atoms with Gasteiger partial charge in [-0.2, -0.15) is 0 Å². The molecule has 0 bridgehead atoms. The Labute approximate surface area is 140 Å². The lowest BCUT2D eigenvalue weighted by Gasteiger charge is -2.30. The van der Waals surface area contributed by atoms with E-state index in [0.717, 1.165) is 12.0 Å². The topological polar surface area (TPSA) is 70.5 Å². The number of nitrogens with zero attached hydrogens (tertiary/aromatic N) is 2. The summed E-state index contributed by atoms with van der Waals surface area (Å²) in [4.78, 5) is 29.5. The summed E-state index contributed by atoms with van der Waals surface area (Å²) in [6.07, 6.45) is 2.18. The fourth-order valence-electron chi connectivity index (χ4n) is 3.20. The summed E-state index contributed by atoms with van der Waals surface area (Å²) in [5, 5.41) is 9.06. The molecule has 1 N–H and O–H groups in total. The van der Waals surface area contributed by atoms with Crippen LogP contribution in [0.2, 0.25) is 0 Å². The molecule has 124 valence electrons. The van der Waals surface area contributed by atoms with Gasteiger partial charge in [-0.15, -0.1) is 0 Å². The Hall–Kier alpha value is -2.69. The molecule has 2 aromatic rings. The fourth-order valence-corrected chi connectivity index (χ4v) is 3.20. The van der Waals surface area contributed by atoms with Crippen molar-refractivity contribution in [3.8, 4) is 0 Å². The van der Waals surface area contributed by atoms with Gasteiger partial charge in [-0.25, -0.2) is 4.79 Å². The van der Waals surface area contributed by atoms with Crippen molar-refractivity contribution >= 4 is 11.9 Å². The lowest BCUT2D eigenvalue weighted by atomic mass is 9.89. The molecule has 24 heavy (non-hydrogen) atoms. The van der Waals surface area contributed by atoms with Crippen LogP contribution in [0.15, 0.2) is 36.5 Å². The number of amides is 1. The molecule has 0 aliphatic carbocycles. The maximum absolute atomic E-state index is 12.7. The molecule has 0 spiro atoms. The Balaban J connectivity index is 1.85. The van der Waals surface area contributed by atoms with Gasteiger partial charge >= 0.3 is 5.97 Å². The molecule has 1 amide bonds. The Bertz CT molecular complexity index is 799. The van der Waals surface area contributed by atoms with E-state index in [1.165, 1.54) is 29.5 Å². The Morgan fingerprint density at radius 3 is 2.75 bits per heavy atom. The Morgan fingerprint density at radius 1 is 1.25 bits per heavy atom. The molecule has 0 radical (unpaired) electrons. The molecule has 0 unspecified atom stereocenters. The number of carbonyl (C=O) groups is 2. The van der Waals surface area contributed by atoms with Crippen LogP contribution in [0, 0.1) is 0 Å². The maximum atomic E-state index is 12.7. The molecule has 0 saturated carbocycles. The van der Waals surface area contributed by atoms with Crippen LogP contribution in [0.25, 0.3) is 0 Å². The summed E-state index contributed by atoms with van der Waals surface area (Å²) in [6, 6.07) is 8.97. The van der Waals surface area contributed by atoms with Gasteiger partial charge in [0.2, 0.25) is 0 Å². The molecule has 1 aliphatic rings. The average molecular weight is 324 g/mol. The van der Waals surface area contributed by atoms with Gasteiger partial charge in [0.1, 0.15) is 5.69 Å². The molecule has 1 aliphatic heterocycles. The lowest BCUT2D eigenvalue weighted by Crippen LogP contribution is -2.37. The van der Waals surface area contributed by atoms with E-state index in [4.69, 9.17) is 5.11 Å². The number of fused-ring (bicyclic) bond motifs is 1. The molecule has 5 heteroatoms. The van der Waals surface area contributed by atoms with Gasteiger partial charge in [0.05, 0.1) is 5.56 Å². The van der Waals surface area contributed by atoms with E-state index < -0.39 is 5.97 Å². The Kier molecular flexibility index (Phi) is 4.34. The van der Waals surface area contributed by atoms with Crippen molar-refractivity contribution in [3.05, 3.63) is 64.5 Å². The summed E-state index contributed by atoms with van der Waals surface area (Å²) in [6.45, 7) is 5.51. The highest BCUT2D eigenvalue weighted by molar-refractivity contribution is 5.95. The number of rotatable bonds is 3. The number of carboxylic acid groups (broad SMARTS) is 1. The highest BCUT2D eigenvalue weighted by Crippen LogP contribution is 2.28. The Morgan fingerprint density at radius 2 is 2.04 bits per heavy atom. The van der Waals surface area contributed by atoms with Gasteiger partial charge < -0.3 is 10.0 Å². The first-order chi connectivity index (χ1) is 11.5. The van der Waals surface area contributed by atoms with Crippen molar-refractivity contribution in [2.75, 3.05) is 6.54 Å². The first-order valence-corrected chi connectivity index (χ1v) is 8.06. The minimum atomic E-state index is -1.06. The van der Waals surface area contributed by atoms with E-state index in [2.05, 4.69) is 31.0 Å². The largest absolute Gasteiger partial charge is 0.478 e. The molecule has 0 atom stereocenters. The van der Waals surface area contributed by atoms with Gasteiger partial charge in [0.15, 0.2) is 0 Å². The molecule has 2 heterocycles. The van der Waals surface area contributed by atoms with Gasteiger partial charge in [-0.05, 0) is 41.2 Å². The third-order valence-electron chi connectivity index (χ3n) is 4.44. The van der Waals surface area contributed by atoms with E-state index in [1.54, 1.807) is 4.90 Å². The van der Waals surface area contributed by atoms with Crippen LogP contribution in [0.5, 0.6) is 0 Å². The highest BCUT2D eigenvalue weighted by atomic mass is 16.4. The van der Waals surface area contributed by atoms with Gasteiger partial charge in [-0.1, -0.05) is 32.0 Å². The number of pyridine rings is 1. The minimum absolute atomic E-state index is 0.0767. The summed E-state index contributed by atoms with van der Waals surface area (Å²) in [5.74, 6) is -0.827. The lowest BCUT2D eigenvalue weighted by molar-refractivity contribution is 0.0696. The second kappa shape index (κ2) is 6.43. The molecule has 0 fully saturated rings. The van der Waals surface area contributed by atoms with Gasteiger partial charge in [-0.3, -0.25) is 9.78 Å². The average Bonchev–Trinajstić information content (AvgIpc) is 2.60. The van der Waals surface area contributed by atoms with Crippen LogP contribution in [0.1, 0.15) is 57.3 Å². The SMILES string of the molecule is CC(C)c1cccc2c1CCN(C(=O)c1cc(C(=O)O)ccn1)C2. The van der Waals surface area contributed by atoms with E-state index in [9.17, 15) is 9.59 Å². The van der Waals surface area contributed by atoms with Crippen LogP contribution in [0.4, 0.5) is 0 Å². The fraction of sp³-hybridized carbons (Fsp3) is 0.316. The van der Waals surface area contributed by atoms with E-state index in [0.29, 0.717) is 19.0 Å². The van der Waals surface area contributed by atoms with Crippen molar-refractivity contribution in [2.24, 2.45) is 0 Å². The molecular formula is C19H20N2O3. The highest BCUT2D eigenvalue weighted by Gasteiger charge is 2.25. The zero-order chi connectivity index (χ0) is 17.3. The smallest absolute Gasteiger partial charge is 0.335 e. The maximum Gasteiger partial charge on any atom is 0.335 e. The predicted octanol–water partition coefficient (Wildman–Crippen LogP) is 3.10. The monoisotopic (exact) mass is 324 g/mol.